The monoisotopic (exact) mass is 190 g/mol. The van der Waals surface area contributed by atoms with Crippen LogP contribution in [0.3, 0.4) is 0 Å². The van der Waals surface area contributed by atoms with Crippen LogP contribution in [0.2, 0.25) is 0 Å². The molecule has 0 radical (unpaired) electrons. The van der Waals surface area contributed by atoms with Crippen LogP contribution < -0.4 is 0 Å². The molecule has 0 aromatic carbocycles. The zero-order valence-electron chi connectivity index (χ0n) is 8.27. The highest BCUT2D eigenvalue weighted by Gasteiger charge is 2.67. The molecular formula is C12H14O2. The number of allylic oxidation sites excluding steroid dienone is 2. The maximum atomic E-state index is 12.2. The van der Waals surface area contributed by atoms with Gasteiger partial charge in [-0.05, 0) is 30.6 Å². The third-order valence-electron chi connectivity index (χ3n) is 5.03. The highest BCUT2D eigenvalue weighted by atomic mass is 16.6. The average Bonchev–Trinajstić information content (AvgIpc) is 2.68. The van der Waals surface area contributed by atoms with Crippen LogP contribution in [0.1, 0.15) is 19.8 Å². The van der Waals surface area contributed by atoms with E-state index in [2.05, 4.69) is 19.1 Å². The van der Waals surface area contributed by atoms with Crippen molar-refractivity contribution in [3.63, 3.8) is 0 Å². The Hall–Kier alpha value is -0.630. The lowest BCUT2D eigenvalue weighted by atomic mass is 9.62. The predicted molar refractivity (Wildman–Crippen MR) is 50.6 cm³/mol. The smallest absolute Gasteiger partial charge is 0.170 e. The minimum Gasteiger partial charge on any atom is -0.361 e. The number of epoxide rings is 1. The van der Waals surface area contributed by atoms with Crippen molar-refractivity contribution < 1.29 is 9.53 Å². The molecule has 0 aromatic heterocycles. The van der Waals surface area contributed by atoms with Crippen molar-refractivity contribution in [2.75, 3.05) is 0 Å². The summed E-state index contributed by atoms with van der Waals surface area (Å²) in [7, 11) is 0. The first kappa shape index (κ1) is 7.63. The van der Waals surface area contributed by atoms with Gasteiger partial charge in [-0.3, -0.25) is 4.79 Å². The van der Waals surface area contributed by atoms with Gasteiger partial charge in [0.2, 0.25) is 0 Å². The molecule has 6 atom stereocenters. The molecule has 74 valence electrons. The highest BCUT2D eigenvalue weighted by Crippen LogP contribution is 2.63. The molecule has 0 aromatic rings. The number of carbonyl (C=O) groups excluding carboxylic acids is 1. The van der Waals surface area contributed by atoms with Gasteiger partial charge < -0.3 is 4.74 Å². The van der Waals surface area contributed by atoms with Crippen LogP contribution in [0.4, 0.5) is 0 Å². The Balaban J connectivity index is 1.85. The molecule has 14 heavy (non-hydrogen) atoms. The SMILES string of the molecule is C[C@]12C(=O)[C@@H]3O[C@@H]3C[C@H]1[C@H]1C=C[C@@H]2C1. The minimum absolute atomic E-state index is 0.0241. The molecule has 0 N–H and O–H groups in total. The first-order valence-corrected chi connectivity index (χ1v) is 5.59. The maximum absolute atomic E-state index is 12.2. The zero-order chi connectivity index (χ0) is 9.50. The Morgan fingerprint density at radius 3 is 3.14 bits per heavy atom. The van der Waals surface area contributed by atoms with E-state index in [1.54, 1.807) is 0 Å². The molecule has 2 saturated carbocycles. The van der Waals surface area contributed by atoms with Gasteiger partial charge in [0.1, 0.15) is 6.10 Å². The highest BCUT2D eigenvalue weighted by molar-refractivity contribution is 5.93. The number of hydrogen-bond acceptors (Lipinski definition) is 2. The number of Topliss-reactive ketones (excluding diaryl/α,β-unsaturated/α-hetero) is 1. The summed E-state index contributed by atoms with van der Waals surface area (Å²) in [5, 5.41) is 0. The second kappa shape index (κ2) is 1.99. The summed E-state index contributed by atoms with van der Waals surface area (Å²) in [5.41, 5.74) is -0.0723. The van der Waals surface area contributed by atoms with Crippen LogP contribution in [0.15, 0.2) is 12.2 Å². The van der Waals surface area contributed by atoms with Crippen LogP contribution in [-0.4, -0.2) is 18.0 Å². The fraction of sp³-hybridized carbons (Fsp3) is 0.750. The van der Waals surface area contributed by atoms with Crippen LogP contribution in [0.25, 0.3) is 0 Å². The van der Waals surface area contributed by atoms with E-state index in [0.29, 0.717) is 23.5 Å². The second-order valence-electron chi connectivity index (χ2n) is 5.48. The molecule has 2 nitrogen and oxygen atoms in total. The number of rotatable bonds is 0. The maximum Gasteiger partial charge on any atom is 0.170 e. The van der Waals surface area contributed by atoms with Gasteiger partial charge in [-0.25, -0.2) is 0 Å². The summed E-state index contributed by atoms with van der Waals surface area (Å²) in [6, 6.07) is 0. The Bertz CT molecular complexity index is 359. The lowest BCUT2D eigenvalue weighted by Crippen LogP contribution is -2.46. The molecule has 0 unspecified atom stereocenters. The van der Waals surface area contributed by atoms with Gasteiger partial charge in [0.25, 0.3) is 0 Å². The van der Waals surface area contributed by atoms with Gasteiger partial charge in [0.05, 0.1) is 6.10 Å². The van der Waals surface area contributed by atoms with E-state index < -0.39 is 0 Å². The van der Waals surface area contributed by atoms with E-state index in [9.17, 15) is 4.79 Å². The van der Waals surface area contributed by atoms with E-state index in [1.807, 2.05) is 0 Å². The third kappa shape index (κ3) is 0.621. The molecule has 2 bridgehead atoms. The van der Waals surface area contributed by atoms with E-state index >= 15 is 0 Å². The molecule has 0 amide bonds. The summed E-state index contributed by atoms with van der Waals surface area (Å²) in [4.78, 5) is 12.2. The van der Waals surface area contributed by atoms with E-state index in [1.165, 1.54) is 6.42 Å². The lowest BCUT2D eigenvalue weighted by Gasteiger charge is -2.39. The number of ketones is 1. The Labute approximate surface area is 83.3 Å². The molecule has 3 aliphatic carbocycles. The quantitative estimate of drug-likeness (QED) is 0.428. The predicted octanol–water partition coefficient (Wildman–Crippen LogP) is 1.55. The summed E-state index contributed by atoms with van der Waals surface area (Å²) in [5.74, 6) is 2.15. The number of ether oxygens (including phenoxy) is 1. The van der Waals surface area contributed by atoms with Crippen LogP contribution in [0, 0.1) is 23.2 Å². The van der Waals surface area contributed by atoms with Crippen molar-refractivity contribution in [1.82, 2.24) is 0 Å². The van der Waals surface area contributed by atoms with Crippen molar-refractivity contribution in [3.8, 4) is 0 Å². The normalized spacial score (nSPS) is 62.6. The van der Waals surface area contributed by atoms with Crippen molar-refractivity contribution >= 4 is 5.78 Å². The molecular weight excluding hydrogens is 176 g/mol. The first-order chi connectivity index (χ1) is 6.71. The topological polar surface area (TPSA) is 29.6 Å². The van der Waals surface area contributed by atoms with E-state index in [-0.39, 0.29) is 17.6 Å². The molecule has 1 saturated heterocycles. The zero-order valence-corrected chi connectivity index (χ0v) is 8.27. The molecule has 2 heteroatoms. The van der Waals surface area contributed by atoms with Crippen molar-refractivity contribution in [1.29, 1.82) is 0 Å². The fourth-order valence-corrected chi connectivity index (χ4v) is 4.08. The second-order valence-corrected chi connectivity index (χ2v) is 5.48. The summed E-state index contributed by atoms with van der Waals surface area (Å²) in [6.45, 7) is 2.17. The average molecular weight is 190 g/mol. The van der Waals surface area contributed by atoms with Crippen molar-refractivity contribution in [2.24, 2.45) is 23.2 Å². The molecule has 4 rings (SSSR count). The summed E-state index contributed by atoms with van der Waals surface area (Å²) in [6.07, 6.45) is 7.19. The van der Waals surface area contributed by atoms with Crippen LogP contribution >= 0.6 is 0 Å². The van der Waals surface area contributed by atoms with Gasteiger partial charge in [-0.1, -0.05) is 19.1 Å². The number of hydrogen-bond donors (Lipinski definition) is 0. The lowest BCUT2D eigenvalue weighted by molar-refractivity contribution is -0.134. The number of carbonyl (C=O) groups is 1. The fourth-order valence-electron chi connectivity index (χ4n) is 4.08. The third-order valence-corrected chi connectivity index (χ3v) is 5.03. The van der Waals surface area contributed by atoms with Gasteiger partial charge in [-0.2, -0.15) is 0 Å². The minimum atomic E-state index is -0.0723. The van der Waals surface area contributed by atoms with Gasteiger partial charge in [-0.15, -0.1) is 0 Å². The van der Waals surface area contributed by atoms with Gasteiger partial charge in [0, 0.05) is 5.41 Å². The van der Waals surface area contributed by atoms with Crippen LogP contribution in [0.5, 0.6) is 0 Å². The van der Waals surface area contributed by atoms with Crippen LogP contribution in [-0.2, 0) is 9.53 Å². The van der Waals surface area contributed by atoms with Gasteiger partial charge >= 0.3 is 0 Å². The Kier molecular flexibility index (Phi) is 1.08. The largest absolute Gasteiger partial charge is 0.361 e. The Morgan fingerprint density at radius 2 is 2.29 bits per heavy atom. The summed E-state index contributed by atoms with van der Waals surface area (Å²) < 4.78 is 5.44. The molecule has 4 aliphatic rings. The van der Waals surface area contributed by atoms with Crippen molar-refractivity contribution in [3.05, 3.63) is 12.2 Å². The summed E-state index contributed by atoms with van der Waals surface area (Å²) >= 11 is 0. The molecule has 3 fully saturated rings. The molecule has 1 heterocycles. The first-order valence-electron chi connectivity index (χ1n) is 5.59. The Morgan fingerprint density at radius 1 is 1.43 bits per heavy atom. The number of fused-ring (bicyclic) bond motifs is 6. The van der Waals surface area contributed by atoms with E-state index in [4.69, 9.17) is 4.74 Å². The molecule has 0 spiro atoms. The standard InChI is InChI=1S/C12H14O2/c1-12-7-3-2-6(4-7)8(12)5-9-10(14-9)11(12)13/h2-3,6-10H,4-5H2,1H3/t6-,7+,8-,9+,10+,12+/m0/s1. The van der Waals surface area contributed by atoms with Crippen molar-refractivity contribution in [2.45, 2.75) is 32.0 Å². The van der Waals surface area contributed by atoms with E-state index in [0.717, 1.165) is 6.42 Å². The van der Waals surface area contributed by atoms with Gasteiger partial charge in [0.15, 0.2) is 5.78 Å². The molecule has 1 aliphatic heterocycles.